The molecule has 2 amide bonds. The van der Waals surface area contributed by atoms with E-state index >= 15 is 0 Å². The van der Waals surface area contributed by atoms with Crippen molar-refractivity contribution in [3.63, 3.8) is 0 Å². The lowest BCUT2D eigenvalue weighted by molar-refractivity contribution is -0.139. The Morgan fingerprint density at radius 2 is 1.72 bits per heavy atom. The number of amides is 2. The molecule has 1 aromatic carbocycles. The molecule has 4 nitrogen and oxygen atoms in total. The lowest BCUT2D eigenvalue weighted by Gasteiger charge is -2.28. The van der Waals surface area contributed by atoms with Crippen LogP contribution < -0.4 is 10.6 Å². The van der Waals surface area contributed by atoms with Gasteiger partial charge >= 0.3 is 11.8 Å². The normalized spacial score (nSPS) is 15.7. The molecule has 0 unspecified atom stereocenters. The average molecular weight is 377 g/mol. The summed E-state index contributed by atoms with van der Waals surface area (Å²) in [4.78, 5) is 24.2. The van der Waals surface area contributed by atoms with E-state index < -0.39 is 11.8 Å². The monoisotopic (exact) mass is 376 g/mol. The summed E-state index contributed by atoms with van der Waals surface area (Å²) in [7, 11) is 0. The van der Waals surface area contributed by atoms with Gasteiger partial charge in [0.15, 0.2) is 0 Å². The zero-order chi connectivity index (χ0) is 17.7. The van der Waals surface area contributed by atoms with Crippen LogP contribution in [0.3, 0.4) is 0 Å². The maximum Gasteiger partial charge on any atom is 0.309 e. The maximum absolute atomic E-state index is 12.1. The number of nitrogens with one attached hydrogen (secondary N) is 2. The number of hydrogen-bond donors (Lipinski definition) is 2. The van der Waals surface area contributed by atoms with E-state index in [0.29, 0.717) is 18.1 Å². The van der Waals surface area contributed by atoms with Gasteiger partial charge in [-0.1, -0.05) is 36.6 Å². The van der Waals surface area contributed by atoms with Crippen LogP contribution in [0.25, 0.3) is 0 Å². The molecule has 3 rings (SSSR count). The molecule has 1 aliphatic carbocycles. The van der Waals surface area contributed by atoms with Crippen molar-refractivity contribution in [2.24, 2.45) is 0 Å². The highest BCUT2D eigenvalue weighted by molar-refractivity contribution is 7.08. The second-order valence-corrected chi connectivity index (χ2v) is 7.71. The lowest BCUT2D eigenvalue weighted by Crippen LogP contribution is -2.45. The highest BCUT2D eigenvalue weighted by atomic mass is 35.5. The Kier molecular flexibility index (Phi) is 5.76. The molecule has 0 spiro atoms. The SMILES string of the molecule is O=C(NCc1ccc(Cl)cc1)C(=O)NCC1(c2ccsc2)CCCC1. The predicted molar refractivity (Wildman–Crippen MR) is 101 cm³/mol. The van der Waals surface area contributed by atoms with Gasteiger partial charge in [0, 0.05) is 23.5 Å². The van der Waals surface area contributed by atoms with Gasteiger partial charge in [-0.25, -0.2) is 0 Å². The van der Waals surface area contributed by atoms with Crippen LogP contribution in [0.2, 0.25) is 5.02 Å². The third-order valence-corrected chi connectivity index (χ3v) is 5.79. The molecule has 1 saturated carbocycles. The largest absolute Gasteiger partial charge is 0.347 e. The Hall–Kier alpha value is -1.85. The summed E-state index contributed by atoms with van der Waals surface area (Å²) < 4.78 is 0. The van der Waals surface area contributed by atoms with Crippen molar-refractivity contribution in [3.05, 3.63) is 57.2 Å². The highest BCUT2D eigenvalue weighted by Gasteiger charge is 2.36. The fourth-order valence-corrected chi connectivity index (χ4v) is 4.29. The molecular weight excluding hydrogens is 356 g/mol. The predicted octanol–water partition coefficient (Wildman–Crippen LogP) is 3.65. The van der Waals surface area contributed by atoms with Crippen LogP contribution >= 0.6 is 22.9 Å². The zero-order valence-electron chi connectivity index (χ0n) is 13.9. The van der Waals surface area contributed by atoms with Crippen molar-refractivity contribution >= 4 is 34.8 Å². The molecule has 0 radical (unpaired) electrons. The van der Waals surface area contributed by atoms with Gasteiger partial charge in [-0.3, -0.25) is 9.59 Å². The molecule has 132 valence electrons. The van der Waals surface area contributed by atoms with Gasteiger partial charge in [0.1, 0.15) is 0 Å². The van der Waals surface area contributed by atoms with Crippen LogP contribution in [0, 0.1) is 0 Å². The molecule has 2 aromatic rings. The van der Waals surface area contributed by atoms with E-state index in [0.717, 1.165) is 31.2 Å². The fraction of sp³-hybridized carbons (Fsp3) is 0.368. The second kappa shape index (κ2) is 8.02. The minimum Gasteiger partial charge on any atom is -0.347 e. The van der Waals surface area contributed by atoms with Crippen molar-refractivity contribution in [2.45, 2.75) is 37.6 Å². The molecule has 6 heteroatoms. The highest BCUT2D eigenvalue weighted by Crippen LogP contribution is 2.41. The maximum atomic E-state index is 12.1. The number of thiophene rings is 1. The molecule has 25 heavy (non-hydrogen) atoms. The molecule has 1 aliphatic rings. The Balaban J connectivity index is 1.52. The fourth-order valence-electron chi connectivity index (χ4n) is 3.38. The summed E-state index contributed by atoms with van der Waals surface area (Å²) >= 11 is 7.50. The topological polar surface area (TPSA) is 58.2 Å². The van der Waals surface area contributed by atoms with Gasteiger partial charge in [0.05, 0.1) is 0 Å². The van der Waals surface area contributed by atoms with Crippen molar-refractivity contribution in [2.75, 3.05) is 6.54 Å². The number of rotatable bonds is 5. The van der Waals surface area contributed by atoms with Gasteiger partial charge in [0.2, 0.25) is 0 Å². The second-order valence-electron chi connectivity index (χ2n) is 6.49. The number of carbonyl (C=O) groups is 2. The third kappa shape index (κ3) is 4.41. The van der Waals surface area contributed by atoms with E-state index in [1.807, 2.05) is 12.1 Å². The Morgan fingerprint density at radius 3 is 2.36 bits per heavy atom. The lowest BCUT2D eigenvalue weighted by atomic mass is 9.80. The molecule has 1 fully saturated rings. The van der Waals surface area contributed by atoms with Gasteiger partial charge in [0.25, 0.3) is 0 Å². The minimum atomic E-state index is -0.603. The van der Waals surface area contributed by atoms with Crippen LogP contribution in [0.1, 0.15) is 36.8 Å². The summed E-state index contributed by atoms with van der Waals surface area (Å²) in [5.41, 5.74) is 2.15. The standard InChI is InChI=1S/C19H21ClN2O2S/c20-16-5-3-14(4-6-16)11-21-17(23)18(24)22-13-19(8-1-2-9-19)15-7-10-25-12-15/h3-7,10,12H,1-2,8-9,11,13H2,(H,21,23)(H,22,24). The first-order valence-corrected chi connectivity index (χ1v) is 9.74. The van der Waals surface area contributed by atoms with Gasteiger partial charge in [-0.2, -0.15) is 11.3 Å². The zero-order valence-corrected chi connectivity index (χ0v) is 15.5. The summed E-state index contributed by atoms with van der Waals surface area (Å²) in [5.74, 6) is -1.18. The van der Waals surface area contributed by atoms with Crippen molar-refractivity contribution in [1.82, 2.24) is 10.6 Å². The van der Waals surface area contributed by atoms with Gasteiger partial charge in [-0.05, 0) is 52.9 Å². The first-order valence-electron chi connectivity index (χ1n) is 8.42. The molecular formula is C19H21ClN2O2S. The van der Waals surface area contributed by atoms with E-state index in [9.17, 15) is 9.59 Å². The number of hydrogen-bond acceptors (Lipinski definition) is 3. The summed E-state index contributed by atoms with van der Waals surface area (Å²) in [6.45, 7) is 0.816. The Labute approximate surface area is 156 Å². The quantitative estimate of drug-likeness (QED) is 0.782. The van der Waals surface area contributed by atoms with E-state index in [1.165, 1.54) is 5.56 Å². The van der Waals surface area contributed by atoms with E-state index in [1.54, 1.807) is 23.5 Å². The van der Waals surface area contributed by atoms with Gasteiger partial charge in [-0.15, -0.1) is 0 Å². The van der Waals surface area contributed by atoms with Crippen molar-refractivity contribution in [3.8, 4) is 0 Å². The van der Waals surface area contributed by atoms with Crippen LogP contribution in [-0.4, -0.2) is 18.4 Å². The molecule has 2 N–H and O–H groups in total. The summed E-state index contributed by atoms with van der Waals surface area (Å²) in [6, 6.07) is 9.29. The van der Waals surface area contributed by atoms with Crippen LogP contribution in [0.5, 0.6) is 0 Å². The molecule has 1 heterocycles. The van der Waals surface area contributed by atoms with Crippen LogP contribution in [0.4, 0.5) is 0 Å². The molecule has 0 saturated heterocycles. The van der Waals surface area contributed by atoms with E-state index in [4.69, 9.17) is 11.6 Å². The molecule has 0 atom stereocenters. The molecule has 1 aromatic heterocycles. The summed E-state index contributed by atoms with van der Waals surface area (Å²) in [5, 5.41) is 10.3. The van der Waals surface area contributed by atoms with E-state index in [-0.39, 0.29) is 5.41 Å². The third-order valence-electron chi connectivity index (χ3n) is 4.85. The number of benzene rings is 1. The Morgan fingerprint density at radius 1 is 1.04 bits per heavy atom. The minimum absolute atomic E-state index is 0.0217. The number of carbonyl (C=O) groups excluding carboxylic acids is 2. The molecule has 0 bridgehead atoms. The first-order chi connectivity index (χ1) is 12.1. The van der Waals surface area contributed by atoms with Crippen LogP contribution in [0.15, 0.2) is 41.1 Å². The number of halogens is 1. The average Bonchev–Trinajstić information content (AvgIpc) is 3.31. The van der Waals surface area contributed by atoms with Crippen molar-refractivity contribution in [1.29, 1.82) is 0 Å². The van der Waals surface area contributed by atoms with Crippen molar-refractivity contribution < 1.29 is 9.59 Å². The van der Waals surface area contributed by atoms with Gasteiger partial charge < -0.3 is 10.6 Å². The van der Waals surface area contributed by atoms with Crippen LogP contribution in [-0.2, 0) is 21.5 Å². The van der Waals surface area contributed by atoms with E-state index in [2.05, 4.69) is 27.5 Å². The first kappa shape index (κ1) is 18.0. The smallest absolute Gasteiger partial charge is 0.309 e. The Bertz CT molecular complexity index is 722. The molecule has 0 aliphatic heterocycles. The summed E-state index contributed by atoms with van der Waals surface area (Å²) in [6.07, 6.45) is 4.43.